The number of pyridine rings is 1. The molecule has 28 heavy (non-hydrogen) atoms. The third-order valence-corrected chi connectivity index (χ3v) is 4.50. The lowest BCUT2D eigenvalue weighted by Crippen LogP contribution is -2.24. The van der Waals surface area contributed by atoms with Crippen LogP contribution in [0.2, 0.25) is 5.02 Å². The minimum absolute atomic E-state index is 0.229. The second-order valence-electron chi connectivity index (χ2n) is 6.14. The molecule has 2 heterocycles. The van der Waals surface area contributed by atoms with Gasteiger partial charge in [0.2, 0.25) is 0 Å². The van der Waals surface area contributed by atoms with Crippen molar-refractivity contribution in [2.24, 2.45) is 0 Å². The average molecular weight is 391 g/mol. The number of hydrogen-bond donors (Lipinski definition) is 1. The fourth-order valence-electron chi connectivity index (χ4n) is 2.85. The number of nitrogens with one attached hydrogen (secondary N) is 1. The van der Waals surface area contributed by atoms with E-state index < -0.39 is 0 Å². The van der Waals surface area contributed by atoms with E-state index in [4.69, 9.17) is 11.6 Å². The third-order valence-electron chi connectivity index (χ3n) is 4.26. The predicted molar refractivity (Wildman–Crippen MR) is 108 cm³/mol. The summed E-state index contributed by atoms with van der Waals surface area (Å²) in [6, 6.07) is 17.3. The van der Waals surface area contributed by atoms with Gasteiger partial charge in [0.05, 0.1) is 28.8 Å². The normalized spacial score (nSPS) is 10.8. The number of halogens is 1. The first-order chi connectivity index (χ1) is 13.6. The number of nitrogens with zero attached hydrogens (tertiary/aromatic N) is 3. The number of fused-ring (bicyclic) bond motifs is 1. The van der Waals surface area contributed by atoms with Crippen molar-refractivity contribution in [1.82, 2.24) is 19.9 Å². The van der Waals surface area contributed by atoms with E-state index in [0.717, 1.165) is 5.69 Å². The molecule has 0 saturated carbocycles. The predicted octanol–water partition coefficient (Wildman–Crippen LogP) is 3.36. The highest BCUT2D eigenvalue weighted by molar-refractivity contribution is 6.30. The Bertz CT molecular complexity index is 1220. The summed E-state index contributed by atoms with van der Waals surface area (Å²) in [6.07, 6.45) is 3.11. The van der Waals surface area contributed by atoms with Crippen LogP contribution in [-0.4, -0.2) is 20.4 Å². The van der Waals surface area contributed by atoms with Crippen LogP contribution < -0.4 is 10.9 Å². The van der Waals surface area contributed by atoms with E-state index in [2.05, 4.69) is 15.3 Å². The van der Waals surface area contributed by atoms with Crippen LogP contribution in [0.5, 0.6) is 0 Å². The van der Waals surface area contributed by atoms with Crippen molar-refractivity contribution >= 4 is 28.4 Å². The molecule has 138 valence electrons. The van der Waals surface area contributed by atoms with Crippen LogP contribution in [0.15, 0.2) is 78.0 Å². The zero-order valence-electron chi connectivity index (χ0n) is 14.7. The molecule has 4 aromatic rings. The molecule has 0 atom stereocenters. The molecule has 0 saturated heterocycles. The minimum atomic E-state index is -0.256. The van der Waals surface area contributed by atoms with Gasteiger partial charge in [-0.25, -0.2) is 4.98 Å². The standard InChI is InChI=1S/C21H15ClN4O2/c22-15-4-3-6-17(11-15)26-13-25-19-10-14(7-8-18(19)21(26)28)20(27)24-12-16-5-1-2-9-23-16/h1-11,13H,12H2,(H,24,27). The Morgan fingerprint density at radius 1 is 1.04 bits per heavy atom. The van der Waals surface area contributed by atoms with E-state index in [1.807, 2.05) is 18.2 Å². The highest BCUT2D eigenvalue weighted by Gasteiger charge is 2.11. The van der Waals surface area contributed by atoms with Crippen LogP contribution in [0.3, 0.4) is 0 Å². The summed E-state index contributed by atoms with van der Waals surface area (Å²) in [4.78, 5) is 33.7. The molecule has 7 heteroatoms. The fraction of sp³-hybridized carbons (Fsp3) is 0.0476. The summed E-state index contributed by atoms with van der Waals surface area (Å²) in [5.74, 6) is -0.256. The molecular formula is C21H15ClN4O2. The van der Waals surface area contributed by atoms with Crippen LogP contribution in [0.4, 0.5) is 0 Å². The molecule has 0 aliphatic rings. The number of rotatable bonds is 4. The maximum atomic E-state index is 12.8. The van der Waals surface area contributed by atoms with Gasteiger partial charge in [-0.3, -0.25) is 19.1 Å². The zero-order chi connectivity index (χ0) is 19.5. The van der Waals surface area contributed by atoms with E-state index >= 15 is 0 Å². The highest BCUT2D eigenvalue weighted by Crippen LogP contribution is 2.15. The van der Waals surface area contributed by atoms with E-state index in [1.54, 1.807) is 48.7 Å². The molecule has 2 aromatic carbocycles. The van der Waals surface area contributed by atoms with Gasteiger partial charge < -0.3 is 5.32 Å². The summed E-state index contributed by atoms with van der Waals surface area (Å²) >= 11 is 6.01. The lowest BCUT2D eigenvalue weighted by atomic mass is 10.1. The largest absolute Gasteiger partial charge is 0.346 e. The molecule has 1 amide bonds. The number of aromatic nitrogens is 3. The topological polar surface area (TPSA) is 76.9 Å². The van der Waals surface area contributed by atoms with Gasteiger partial charge in [-0.05, 0) is 48.5 Å². The van der Waals surface area contributed by atoms with Gasteiger partial charge in [-0.1, -0.05) is 23.7 Å². The summed E-state index contributed by atoms with van der Waals surface area (Å²) in [5.41, 5.74) is 2.04. The van der Waals surface area contributed by atoms with Gasteiger partial charge in [0, 0.05) is 16.8 Å². The maximum absolute atomic E-state index is 12.8. The lowest BCUT2D eigenvalue weighted by molar-refractivity contribution is 0.0950. The Morgan fingerprint density at radius 2 is 1.93 bits per heavy atom. The SMILES string of the molecule is O=C(NCc1ccccn1)c1ccc2c(=O)n(-c3cccc(Cl)c3)cnc2c1. The van der Waals surface area contributed by atoms with Crippen LogP contribution >= 0.6 is 11.6 Å². The summed E-state index contributed by atoms with van der Waals surface area (Å²) in [6.45, 7) is 0.321. The van der Waals surface area contributed by atoms with Crippen LogP contribution in [0, 0.1) is 0 Å². The Hall–Kier alpha value is -3.51. The zero-order valence-corrected chi connectivity index (χ0v) is 15.4. The number of amides is 1. The van der Waals surface area contributed by atoms with Crippen LogP contribution in [-0.2, 0) is 6.54 Å². The number of hydrogen-bond acceptors (Lipinski definition) is 4. The molecule has 0 aliphatic carbocycles. The molecule has 4 rings (SSSR count). The van der Waals surface area contributed by atoms with Gasteiger partial charge >= 0.3 is 0 Å². The Balaban J connectivity index is 1.62. The number of carbonyl (C=O) groups excluding carboxylic acids is 1. The molecule has 0 fully saturated rings. The van der Waals surface area contributed by atoms with Crippen molar-refractivity contribution in [3.8, 4) is 5.69 Å². The van der Waals surface area contributed by atoms with Crippen LogP contribution in [0.25, 0.3) is 16.6 Å². The monoisotopic (exact) mass is 390 g/mol. The Morgan fingerprint density at radius 3 is 2.71 bits per heavy atom. The van der Waals surface area contributed by atoms with Crippen molar-refractivity contribution in [3.63, 3.8) is 0 Å². The first-order valence-electron chi connectivity index (χ1n) is 8.57. The van der Waals surface area contributed by atoms with Gasteiger partial charge in [-0.15, -0.1) is 0 Å². The van der Waals surface area contributed by atoms with Gasteiger partial charge in [0.25, 0.3) is 11.5 Å². The first kappa shape index (κ1) is 17.9. The molecule has 0 spiro atoms. The van der Waals surface area contributed by atoms with Gasteiger partial charge in [0.15, 0.2) is 0 Å². The molecule has 0 aliphatic heterocycles. The molecule has 0 unspecified atom stereocenters. The molecule has 6 nitrogen and oxygen atoms in total. The Kier molecular flexibility index (Phi) is 4.87. The van der Waals surface area contributed by atoms with Crippen molar-refractivity contribution < 1.29 is 4.79 Å². The summed E-state index contributed by atoms with van der Waals surface area (Å²) < 4.78 is 1.43. The number of carbonyl (C=O) groups is 1. The van der Waals surface area contributed by atoms with Crippen LogP contribution in [0.1, 0.15) is 16.1 Å². The lowest BCUT2D eigenvalue weighted by Gasteiger charge is -2.08. The quantitative estimate of drug-likeness (QED) is 0.579. The van der Waals surface area contributed by atoms with Gasteiger partial charge in [-0.2, -0.15) is 0 Å². The van der Waals surface area contributed by atoms with E-state index in [-0.39, 0.29) is 11.5 Å². The van der Waals surface area contributed by atoms with E-state index in [1.165, 1.54) is 10.9 Å². The van der Waals surface area contributed by atoms with E-state index in [0.29, 0.717) is 33.7 Å². The molecule has 1 N–H and O–H groups in total. The molecular weight excluding hydrogens is 376 g/mol. The smallest absolute Gasteiger partial charge is 0.265 e. The summed E-state index contributed by atoms with van der Waals surface area (Å²) in [5, 5.41) is 3.76. The summed E-state index contributed by atoms with van der Waals surface area (Å²) in [7, 11) is 0. The fourth-order valence-corrected chi connectivity index (χ4v) is 3.03. The van der Waals surface area contributed by atoms with Crippen molar-refractivity contribution in [1.29, 1.82) is 0 Å². The third kappa shape index (κ3) is 3.63. The molecule has 0 bridgehead atoms. The highest BCUT2D eigenvalue weighted by atomic mass is 35.5. The average Bonchev–Trinajstić information content (AvgIpc) is 2.73. The van der Waals surface area contributed by atoms with Crippen molar-refractivity contribution in [2.45, 2.75) is 6.54 Å². The number of benzene rings is 2. The second kappa shape index (κ2) is 7.62. The first-order valence-corrected chi connectivity index (χ1v) is 8.95. The maximum Gasteiger partial charge on any atom is 0.265 e. The molecule has 2 aromatic heterocycles. The van der Waals surface area contributed by atoms with E-state index in [9.17, 15) is 9.59 Å². The molecule has 0 radical (unpaired) electrons. The van der Waals surface area contributed by atoms with Gasteiger partial charge in [0.1, 0.15) is 6.33 Å². The second-order valence-corrected chi connectivity index (χ2v) is 6.57. The Labute approximate surface area is 165 Å². The van der Waals surface area contributed by atoms with Crippen molar-refractivity contribution in [2.75, 3.05) is 0 Å². The van der Waals surface area contributed by atoms with Crippen molar-refractivity contribution in [3.05, 3.63) is 99.8 Å². The minimum Gasteiger partial charge on any atom is -0.346 e.